The maximum atomic E-state index is 5.13. The Hall–Kier alpha value is -8.41. The summed E-state index contributed by atoms with van der Waals surface area (Å²) in [6.07, 6.45) is 1.89. The van der Waals surface area contributed by atoms with Crippen molar-refractivity contribution in [3.8, 4) is 0 Å². The highest BCUT2D eigenvalue weighted by atomic mass is 15.2. The lowest BCUT2D eigenvalue weighted by atomic mass is 10.1. The van der Waals surface area contributed by atoms with Gasteiger partial charge in [-0.1, -0.05) is 109 Å². The van der Waals surface area contributed by atoms with Gasteiger partial charge in [0.15, 0.2) is 0 Å². The van der Waals surface area contributed by atoms with Crippen molar-refractivity contribution in [2.24, 2.45) is 0 Å². The summed E-state index contributed by atoms with van der Waals surface area (Å²) in [4.78, 5) is 14.3. The Morgan fingerprint density at radius 3 is 0.806 bits per heavy atom. The Morgan fingerprint density at radius 1 is 0.210 bits per heavy atom. The van der Waals surface area contributed by atoms with E-state index in [0.717, 1.165) is 79.2 Å². The first-order valence-corrected chi connectivity index (χ1v) is 20.9. The molecule has 10 aromatic rings. The van der Waals surface area contributed by atoms with Gasteiger partial charge >= 0.3 is 0 Å². The van der Waals surface area contributed by atoms with E-state index in [0.29, 0.717) is 0 Å². The molecule has 0 spiro atoms. The van der Waals surface area contributed by atoms with Crippen LogP contribution in [0.1, 0.15) is 0 Å². The van der Waals surface area contributed by atoms with Gasteiger partial charge in [-0.15, -0.1) is 0 Å². The van der Waals surface area contributed by atoms with Crippen LogP contribution >= 0.6 is 0 Å². The molecule has 0 aliphatic carbocycles. The normalized spacial score (nSPS) is 10.9. The molecule has 0 N–H and O–H groups in total. The molecule has 0 bridgehead atoms. The standard InChI is InChI=1S/C57H43N5/c1-7-20-44(21-8-1)59(45-22-9-2-10-23-45)50-33-37-52(38-34-50)61(48-28-15-5-16-29-48)55-41-42-56(57-54(55)32-19-43-58-57)62(49-30-17-6-18-31-49)53-39-35-51(36-40-53)60(46-24-11-3-12-25-46)47-26-13-4-14-27-47/h1-43H. The van der Waals surface area contributed by atoms with E-state index >= 15 is 0 Å². The quantitative estimate of drug-likeness (QED) is 0.123. The molecule has 0 unspecified atom stereocenters. The minimum absolute atomic E-state index is 0.894. The molecule has 0 saturated carbocycles. The lowest BCUT2D eigenvalue weighted by Gasteiger charge is -2.31. The van der Waals surface area contributed by atoms with Crippen molar-refractivity contribution >= 4 is 79.2 Å². The van der Waals surface area contributed by atoms with Crippen molar-refractivity contribution in [1.29, 1.82) is 0 Å². The number of benzene rings is 9. The van der Waals surface area contributed by atoms with Crippen molar-refractivity contribution in [1.82, 2.24) is 4.98 Å². The third-order valence-electron chi connectivity index (χ3n) is 11.0. The SMILES string of the molecule is c1ccc(N(c2ccccc2)c2ccc(N(c3ccccc3)c3ccc(N(c4ccccc4)c4ccc(N(c5ccccc5)c5ccccc5)cc4)c4ncccc34)cc2)cc1. The van der Waals surface area contributed by atoms with Gasteiger partial charge in [-0.25, -0.2) is 0 Å². The zero-order valence-corrected chi connectivity index (χ0v) is 34.1. The van der Waals surface area contributed by atoms with Crippen molar-refractivity contribution in [2.75, 3.05) is 19.6 Å². The van der Waals surface area contributed by atoms with Gasteiger partial charge in [-0.3, -0.25) is 4.98 Å². The predicted molar refractivity (Wildman–Crippen MR) is 260 cm³/mol. The highest BCUT2D eigenvalue weighted by Crippen LogP contribution is 2.46. The monoisotopic (exact) mass is 797 g/mol. The first-order valence-electron chi connectivity index (χ1n) is 20.9. The lowest BCUT2D eigenvalue weighted by Crippen LogP contribution is -2.14. The lowest BCUT2D eigenvalue weighted by molar-refractivity contribution is 1.24. The fourth-order valence-corrected chi connectivity index (χ4v) is 8.23. The molecule has 0 atom stereocenters. The molecule has 0 saturated heterocycles. The highest BCUT2D eigenvalue weighted by molar-refractivity contribution is 6.05. The predicted octanol–water partition coefficient (Wildman–Crippen LogP) is 16.1. The summed E-state index contributed by atoms with van der Waals surface area (Å²) in [6.45, 7) is 0. The molecule has 62 heavy (non-hydrogen) atoms. The van der Waals surface area contributed by atoms with Gasteiger partial charge in [-0.05, 0) is 146 Å². The smallest absolute Gasteiger partial charge is 0.0963 e. The van der Waals surface area contributed by atoms with Crippen molar-refractivity contribution in [2.45, 2.75) is 0 Å². The van der Waals surface area contributed by atoms with Crippen LogP contribution in [0.5, 0.6) is 0 Å². The Bertz CT molecular complexity index is 2700. The minimum Gasteiger partial charge on any atom is -0.311 e. The summed E-state index contributed by atoms with van der Waals surface area (Å²) in [5.74, 6) is 0. The summed E-state index contributed by atoms with van der Waals surface area (Å²) < 4.78 is 0. The molecule has 9 aromatic carbocycles. The van der Waals surface area contributed by atoms with Crippen LogP contribution in [-0.4, -0.2) is 4.98 Å². The summed E-state index contributed by atoms with van der Waals surface area (Å²) in [7, 11) is 0. The van der Waals surface area contributed by atoms with Gasteiger partial charge in [-0.2, -0.15) is 0 Å². The van der Waals surface area contributed by atoms with Gasteiger partial charge < -0.3 is 19.6 Å². The molecular formula is C57H43N5. The Balaban J connectivity index is 1.07. The van der Waals surface area contributed by atoms with Gasteiger partial charge in [0.05, 0.1) is 16.9 Å². The zero-order valence-electron chi connectivity index (χ0n) is 34.1. The first-order chi connectivity index (χ1) is 30.8. The molecule has 5 nitrogen and oxygen atoms in total. The third-order valence-corrected chi connectivity index (χ3v) is 11.0. The van der Waals surface area contributed by atoms with E-state index in [4.69, 9.17) is 4.98 Å². The molecule has 0 amide bonds. The van der Waals surface area contributed by atoms with E-state index in [-0.39, 0.29) is 0 Å². The molecule has 1 heterocycles. The maximum absolute atomic E-state index is 5.13. The molecule has 10 rings (SSSR count). The number of fused-ring (bicyclic) bond motifs is 1. The van der Waals surface area contributed by atoms with Gasteiger partial charge in [0.1, 0.15) is 0 Å². The second kappa shape index (κ2) is 17.4. The Labute approximate surface area is 363 Å². The number of rotatable bonds is 12. The Morgan fingerprint density at radius 2 is 0.468 bits per heavy atom. The molecule has 0 fully saturated rings. The number of hydrogen-bond acceptors (Lipinski definition) is 5. The minimum atomic E-state index is 0.894. The number of anilines is 12. The highest BCUT2D eigenvalue weighted by Gasteiger charge is 2.23. The molecule has 1 aromatic heterocycles. The van der Waals surface area contributed by atoms with E-state index in [1.165, 1.54) is 0 Å². The fourth-order valence-electron chi connectivity index (χ4n) is 8.23. The molecule has 0 aliphatic rings. The van der Waals surface area contributed by atoms with E-state index < -0.39 is 0 Å². The van der Waals surface area contributed by atoms with E-state index in [1.54, 1.807) is 0 Å². The molecule has 0 radical (unpaired) electrons. The maximum Gasteiger partial charge on any atom is 0.0963 e. The van der Waals surface area contributed by atoms with E-state index in [2.05, 4.69) is 268 Å². The summed E-state index contributed by atoms with van der Waals surface area (Å²) >= 11 is 0. The molecule has 0 aliphatic heterocycles. The number of aromatic nitrogens is 1. The van der Waals surface area contributed by atoms with Gasteiger partial charge in [0.2, 0.25) is 0 Å². The largest absolute Gasteiger partial charge is 0.311 e. The number of hydrogen-bond donors (Lipinski definition) is 0. The zero-order chi connectivity index (χ0) is 41.5. The van der Waals surface area contributed by atoms with Crippen LogP contribution in [0.15, 0.2) is 261 Å². The van der Waals surface area contributed by atoms with Crippen LogP contribution in [0.3, 0.4) is 0 Å². The van der Waals surface area contributed by atoms with Crippen molar-refractivity contribution < 1.29 is 0 Å². The summed E-state index contributed by atoms with van der Waals surface area (Å²) in [5, 5.41) is 1.03. The van der Waals surface area contributed by atoms with Crippen LogP contribution in [0, 0.1) is 0 Å². The van der Waals surface area contributed by atoms with Crippen molar-refractivity contribution in [3.63, 3.8) is 0 Å². The number of para-hydroxylation sites is 6. The number of nitrogens with zero attached hydrogens (tertiary/aromatic N) is 5. The molecular weight excluding hydrogens is 755 g/mol. The van der Waals surface area contributed by atoms with E-state index in [1.807, 2.05) is 12.3 Å². The van der Waals surface area contributed by atoms with Crippen LogP contribution in [0.2, 0.25) is 0 Å². The second-order valence-corrected chi connectivity index (χ2v) is 14.9. The first kappa shape index (κ1) is 37.8. The van der Waals surface area contributed by atoms with Crippen molar-refractivity contribution in [3.05, 3.63) is 261 Å². The number of pyridine rings is 1. The van der Waals surface area contributed by atoms with Crippen LogP contribution in [0.25, 0.3) is 10.9 Å². The summed E-state index contributed by atoms with van der Waals surface area (Å²) in [5.41, 5.74) is 13.6. The van der Waals surface area contributed by atoms with Crippen LogP contribution < -0.4 is 19.6 Å². The fraction of sp³-hybridized carbons (Fsp3) is 0. The van der Waals surface area contributed by atoms with Gasteiger partial charge in [0.25, 0.3) is 0 Å². The Kier molecular flexibility index (Phi) is 10.6. The molecule has 5 heteroatoms. The average molecular weight is 798 g/mol. The van der Waals surface area contributed by atoms with Crippen LogP contribution in [-0.2, 0) is 0 Å². The summed E-state index contributed by atoms with van der Waals surface area (Å²) in [6, 6.07) is 89.5. The molecule has 296 valence electrons. The average Bonchev–Trinajstić information content (AvgIpc) is 3.35. The van der Waals surface area contributed by atoms with Gasteiger partial charge in [0, 0.05) is 68.5 Å². The third kappa shape index (κ3) is 7.63. The second-order valence-electron chi connectivity index (χ2n) is 14.9. The van der Waals surface area contributed by atoms with Crippen LogP contribution in [0.4, 0.5) is 68.2 Å². The topological polar surface area (TPSA) is 25.9 Å². The van der Waals surface area contributed by atoms with E-state index in [9.17, 15) is 0 Å².